The third-order valence-corrected chi connectivity index (χ3v) is 4.53. The van der Waals surface area contributed by atoms with Crippen molar-refractivity contribution in [3.8, 4) is 5.75 Å². The molecular weight excluding hydrogens is 352 g/mol. The lowest BCUT2D eigenvalue weighted by molar-refractivity contribution is -0.139. The highest BCUT2D eigenvalue weighted by Crippen LogP contribution is 2.34. The van der Waals surface area contributed by atoms with Crippen LogP contribution in [0.1, 0.15) is 12.5 Å². The van der Waals surface area contributed by atoms with Gasteiger partial charge in [0.2, 0.25) is 5.91 Å². The molecule has 1 aromatic rings. The molecule has 126 valence electrons. The van der Waals surface area contributed by atoms with Crippen LogP contribution in [-0.4, -0.2) is 49.8 Å². The molecule has 9 heteroatoms. The highest BCUT2D eigenvalue weighted by Gasteiger charge is 2.38. The third kappa shape index (κ3) is 4.12. The van der Waals surface area contributed by atoms with Crippen LogP contribution in [0.15, 0.2) is 29.2 Å². The Hall–Kier alpha value is -2.39. The van der Waals surface area contributed by atoms with Crippen molar-refractivity contribution >= 4 is 52.2 Å². The van der Waals surface area contributed by atoms with Crippen LogP contribution in [0.2, 0.25) is 0 Å². The van der Waals surface area contributed by atoms with Crippen LogP contribution in [0.4, 0.5) is 0 Å². The van der Waals surface area contributed by atoms with Crippen LogP contribution in [0.3, 0.4) is 0 Å². The molecule has 0 saturated carbocycles. The topological polar surface area (TPSA) is 107 Å². The van der Waals surface area contributed by atoms with Crippen LogP contribution in [0, 0.1) is 0 Å². The molecular formula is C15H14N2O5S2. The van der Waals surface area contributed by atoms with Crippen molar-refractivity contribution in [2.24, 2.45) is 0 Å². The molecule has 1 aromatic carbocycles. The van der Waals surface area contributed by atoms with Crippen molar-refractivity contribution in [2.75, 3.05) is 6.54 Å². The number of carbonyl (C=O) groups excluding carboxylic acids is 2. The molecule has 0 spiro atoms. The zero-order valence-electron chi connectivity index (χ0n) is 12.6. The van der Waals surface area contributed by atoms with Crippen LogP contribution in [-0.2, 0) is 14.4 Å². The van der Waals surface area contributed by atoms with E-state index in [-0.39, 0.29) is 10.1 Å². The zero-order valence-corrected chi connectivity index (χ0v) is 14.2. The van der Waals surface area contributed by atoms with E-state index in [0.29, 0.717) is 10.5 Å². The van der Waals surface area contributed by atoms with E-state index in [1.165, 1.54) is 19.1 Å². The van der Waals surface area contributed by atoms with Gasteiger partial charge in [0, 0.05) is 0 Å². The second kappa shape index (κ2) is 7.45. The number of rotatable bonds is 5. The Morgan fingerprint density at radius 1 is 1.38 bits per heavy atom. The summed E-state index contributed by atoms with van der Waals surface area (Å²) >= 11 is 6.21. The van der Waals surface area contributed by atoms with Gasteiger partial charge in [0.25, 0.3) is 5.91 Å². The maximum Gasteiger partial charge on any atom is 0.322 e. The van der Waals surface area contributed by atoms with E-state index < -0.39 is 30.4 Å². The van der Waals surface area contributed by atoms with Crippen LogP contribution in [0.5, 0.6) is 5.75 Å². The Kier molecular flexibility index (Phi) is 5.58. The summed E-state index contributed by atoms with van der Waals surface area (Å²) in [5, 5.41) is 20.1. The number of hydrogen-bond acceptors (Lipinski definition) is 6. The fraction of sp³-hybridized carbons (Fsp3) is 0.200. The number of carbonyl (C=O) groups is 3. The van der Waals surface area contributed by atoms with Crippen LogP contribution >= 0.6 is 24.0 Å². The first-order chi connectivity index (χ1) is 11.3. The lowest BCUT2D eigenvalue weighted by atomic mass is 10.2. The van der Waals surface area contributed by atoms with Gasteiger partial charge < -0.3 is 15.5 Å². The zero-order chi connectivity index (χ0) is 17.9. The maximum absolute atomic E-state index is 12.5. The molecule has 0 aliphatic carbocycles. The van der Waals surface area contributed by atoms with Crippen molar-refractivity contribution in [3.63, 3.8) is 0 Å². The lowest BCUT2D eigenvalue weighted by Crippen LogP contribution is -2.48. The summed E-state index contributed by atoms with van der Waals surface area (Å²) in [5.41, 5.74) is 0.705. The standard InChI is InChI=1S/C15H14N2O5S2/c1-8(13(21)16-7-12(19)20)17-14(22)11(24-15(17)23)6-9-2-4-10(18)5-3-9/h2-6,8,18H,7H2,1H3,(H,16,21)(H,19,20)/b11-6-. The minimum atomic E-state index is -1.17. The summed E-state index contributed by atoms with van der Waals surface area (Å²) in [7, 11) is 0. The predicted molar refractivity (Wildman–Crippen MR) is 93.2 cm³/mol. The number of carboxylic acid groups (broad SMARTS) is 1. The van der Waals surface area contributed by atoms with Gasteiger partial charge in [0.15, 0.2) is 0 Å². The quantitative estimate of drug-likeness (QED) is 0.531. The summed E-state index contributed by atoms with van der Waals surface area (Å²) in [5.74, 6) is -2.08. The van der Waals surface area contributed by atoms with Crippen LogP contribution < -0.4 is 5.32 Å². The van der Waals surface area contributed by atoms with Gasteiger partial charge in [-0.15, -0.1) is 0 Å². The average Bonchev–Trinajstić information content (AvgIpc) is 2.80. The molecule has 1 unspecified atom stereocenters. The van der Waals surface area contributed by atoms with Gasteiger partial charge in [0.05, 0.1) is 4.91 Å². The Bertz CT molecular complexity index is 730. The van der Waals surface area contributed by atoms with Crippen molar-refractivity contribution in [1.29, 1.82) is 0 Å². The molecule has 0 bridgehead atoms. The molecule has 1 atom stereocenters. The van der Waals surface area contributed by atoms with Crippen LogP contribution in [0.25, 0.3) is 6.08 Å². The van der Waals surface area contributed by atoms with Gasteiger partial charge in [-0.25, -0.2) is 0 Å². The van der Waals surface area contributed by atoms with Gasteiger partial charge in [0.1, 0.15) is 22.7 Å². The van der Waals surface area contributed by atoms with Crippen molar-refractivity contribution in [2.45, 2.75) is 13.0 Å². The highest BCUT2D eigenvalue weighted by atomic mass is 32.2. The number of nitrogens with zero attached hydrogens (tertiary/aromatic N) is 1. The number of phenolic OH excluding ortho intramolecular Hbond substituents is 1. The van der Waals surface area contributed by atoms with Gasteiger partial charge >= 0.3 is 5.97 Å². The summed E-state index contributed by atoms with van der Waals surface area (Å²) in [6.45, 7) is 0.951. The normalized spacial score (nSPS) is 17.2. The monoisotopic (exact) mass is 366 g/mol. The van der Waals surface area contributed by atoms with Crippen molar-refractivity contribution < 1.29 is 24.6 Å². The molecule has 7 nitrogen and oxygen atoms in total. The largest absolute Gasteiger partial charge is 0.508 e. The van der Waals surface area contributed by atoms with Crippen molar-refractivity contribution in [3.05, 3.63) is 34.7 Å². The van der Waals surface area contributed by atoms with E-state index >= 15 is 0 Å². The Morgan fingerprint density at radius 3 is 2.58 bits per heavy atom. The number of thioether (sulfide) groups is 1. The van der Waals surface area contributed by atoms with E-state index in [1.807, 2.05) is 0 Å². The SMILES string of the molecule is CC(C(=O)NCC(=O)O)N1C(=O)/C(=C/c2ccc(O)cc2)SC1=S. The van der Waals surface area contributed by atoms with E-state index in [9.17, 15) is 19.5 Å². The van der Waals surface area contributed by atoms with Gasteiger partial charge in [-0.2, -0.15) is 0 Å². The molecule has 2 rings (SSSR count). The molecule has 24 heavy (non-hydrogen) atoms. The van der Waals surface area contributed by atoms with Gasteiger partial charge in [-0.05, 0) is 30.7 Å². The fourth-order valence-electron chi connectivity index (χ4n) is 1.96. The number of amides is 2. The van der Waals surface area contributed by atoms with Crippen molar-refractivity contribution in [1.82, 2.24) is 10.2 Å². The van der Waals surface area contributed by atoms with Gasteiger partial charge in [-0.1, -0.05) is 36.1 Å². The smallest absolute Gasteiger partial charge is 0.322 e. The lowest BCUT2D eigenvalue weighted by Gasteiger charge is -2.21. The number of aromatic hydroxyl groups is 1. The average molecular weight is 366 g/mol. The first-order valence-electron chi connectivity index (χ1n) is 6.85. The summed E-state index contributed by atoms with van der Waals surface area (Å²) in [4.78, 5) is 36.4. The Morgan fingerprint density at radius 2 is 2.00 bits per heavy atom. The summed E-state index contributed by atoms with van der Waals surface area (Å²) in [6, 6.07) is 5.36. The second-order valence-corrected chi connectivity index (χ2v) is 6.61. The molecule has 1 aliphatic rings. The minimum Gasteiger partial charge on any atom is -0.508 e. The first-order valence-corrected chi connectivity index (χ1v) is 8.07. The molecule has 1 aliphatic heterocycles. The number of nitrogens with one attached hydrogen (secondary N) is 1. The molecule has 1 saturated heterocycles. The minimum absolute atomic E-state index is 0.114. The molecule has 3 N–H and O–H groups in total. The van der Waals surface area contributed by atoms with E-state index in [1.54, 1.807) is 18.2 Å². The van der Waals surface area contributed by atoms with E-state index in [0.717, 1.165) is 16.7 Å². The Labute approximate surface area is 147 Å². The summed E-state index contributed by atoms with van der Waals surface area (Å²) < 4.78 is 0.225. The maximum atomic E-state index is 12.5. The number of thiocarbonyl (C=S) groups is 1. The number of hydrogen-bond donors (Lipinski definition) is 3. The molecule has 1 fully saturated rings. The molecule has 0 radical (unpaired) electrons. The molecule has 1 heterocycles. The molecule has 2 amide bonds. The van der Waals surface area contributed by atoms with Gasteiger partial charge in [-0.3, -0.25) is 19.3 Å². The second-order valence-electron chi connectivity index (χ2n) is 4.93. The number of carboxylic acids is 1. The molecule has 0 aromatic heterocycles. The highest BCUT2D eigenvalue weighted by molar-refractivity contribution is 8.26. The number of aliphatic carboxylic acids is 1. The number of benzene rings is 1. The third-order valence-electron chi connectivity index (χ3n) is 3.19. The first kappa shape index (κ1) is 18.0. The fourth-order valence-corrected chi connectivity index (χ4v) is 3.38. The Balaban J connectivity index is 2.14. The number of phenols is 1. The van der Waals surface area contributed by atoms with E-state index in [2.05, 4.69) is 5.32 Å². The van der Waals surface area contributed by atoms with E-state index in [4.69, 9.17) is 17.3 Å². The predicted octanol–water partition coefficient (Wildman–Crippen LogP) is 1.18. The summed E-state index contributed by atoms with van der Waals surface area (Å²) in [6.07, 6.45) is 1.61.